The van der Waals surface area contributed by atoms with Crippen molar-refractivity contribution < 1.29 is 23.8 Å². The molecule has 2 heterocycles. The molecule has 37 heavy (non-hydrogen) atoms. The lowest BCUT2D eigenvalue weighted by Crippen LogP contribution is -2.41. The van der Waals surface area contributed by atoms with Gasteiger partial charge in [-0.05, 0) is 49.2 Å². The maximum absolute atomic E-state index is 12.8. The first-order valence-corrected chi connectivity index (χ1v) is 11.8. The third kappa shape index (κ3) is 5.46. The Kier molecular flexibility index (Phi) is 7.25. The van der Waals surface area contributed by atoms with E-state index in [-0.39, 0.29) is 41.2 Å². The maximum atomic E-state index is 12.8. The van der Waals surface area contributed by atoms with Crippen LogP contribution in [0.1, 0.15) is 41.8 Å². The Balaban J connectivity index is 1.76. The van der Waals surface area contributed by atoms with Crippen LogP contribution in [0.25, 0.3) is 0 Å². The van der Waals surface area contributed by atoms with Crippen LogP contribution in [0, 0.1) is 24.2 Å². The second-order valence-electron chi connectivity index (χ2n) is 8.93. The molecule has 2 atom stereocenters. The molecule has 0 aliphatic carbocycles. The van der Waals surface area contributed by atoms with Gasteiger partial charge in [-0.15, -0.1) is 0 Å². The number of aromatic nitrogens is 2. The average molecular weight is 502 g/mol. The third-order valence-corrected chi connectivity index (χ3v) is 5.95. The molecule has 0 saturated carbocycles. The van der Waals surface area contributed by atoms with Gasteiger partial charge >= 0.3 is 6.01 Å². The van der Waals surface area contributed by atoms with Crippen LogP contribution < -0.4 is 19.5 Å². The standard InChI is InChI=1S/C27H27N5O5/c1-6-15(2)22-23(33)29-21-24(36-20-12-17(14-28)11-10-16(20)3)30-27(31-25(21)37-22)35-19-9-7-8-18(13-19)26(34)32(4)5/h7-13,15,22H,6H2,1-5H3,(H,29,33). The number of carbonyl (C=O) groups is 2. The smallest absolute Gasteiger partial charge is 0.328 e. The Morgan fingerprint density at radius 1 is 1.22 bits per heavy atom. The predicted octanol–water partition coefficient (Wildman–Crippen LogP) is 4.69. The lowest BCUT2D eigenvalue weighted by atomic mass is 10.0. The topological polar surface area (TPSA) is 127 Å². The summed E-state index contributed by atoms with van der Waals surface area (Å²) in [7, 11) is 3.32. The Hall–Kier alpha value is -4.65. The summed E-state index contributed by atoms with van der Waals surface area (Å²) in [6, 6.07) is 13.6. The van der Waals surface area contributed by atoms with Crippen LogP contribution in [0.3, 0.4) is 0 Å². The molecule has 0 radical (unpaired) electrons. The molecule has 4 rings (SSSR count). The highest BCUT2D eigenvalue weighted by atomic mass is 16.5. The van der Waals surface area contributed by atoms with Gasteiger partial charge in [0.15, 0.2) is 11.8 Å². The first-order chi connectivity index (χ1) is 17.7. The van der Waals surface area contributed by atoms with Crippen LogP contribution in [0.5, 0.6) is 29.3 Å². The maximum Gasteiger partial charge on any atom is 0.328 e. The van der Waals surface area contributed by atoms with E-state index in [1.54, 1.807) is 56.6 Å². The molecule has 0 fully saturated rings. The fourth-order valence-electron chi connectivity index (χ4n) is 3.61. The zero-order chi connectivity index (χ0) is 26.7. The monoisotopic (exact) mass is 501 g/mol. The first kappa shape index (κ1) is 25.4. The van der Waals surface area contributed by atoms with E-state index < -0.39 is 6.10 Å². The van der Waals surface area contributed by atoms with Gasteiger partial charge in [-0.2, -0.15) is 15.2 Å². The van der Waals surface area contributed by atoms with E-state index in [0.29, 0.717) is 22.6 Å². The summed E-state index contributed by atoms with van der Waals surface area (Å²) in [4.78, 5) is 35.4. The quantitative estimate of drug-likeness (QED) is 0.494. The largest absolute Gasteiger partial charge is 0.462 e. The second kappa shape index (κ2) is 10.5. The molecule has 1 aliphatic heterocycles. The van der Waals surface area contributed by atoms with E-state index in [0.717, 1.165) is 12.0 Å². The number of ether oxygens (including phenoxy) is 3. The van der Waals surface area contributed by atoms with Crippen LogP contribution in [-0.4, -0.2) is 46.9 Å². The van der Waals surface area contributed by atoms with Gasteiger partial charge in [0.05, 0.1) is 11.6 Å². The summed E-state index contributed by atoms with van der Waals surface area (Å²) in [5, 5.41) is 12.1. The molecule has 2 aromatic carbocycles. The normalized spacial score (nSPS) is 14.9. The Labute approximate surface area is 214 Å². The van der Waals surface area contributed by atoms with Crippen molar-refractivity contribution in [3.8, 4) is 35.3 Å². The van der Waals surface area contributed by atoms with E-state index in [4.69, 9.17) is 14.2 Å². The highest BCUT2D eigenvalue weighted by Crippen LogP contribution is 2.41. The van der Waals surface area contributed by atoms with E-state index in [9.17, 15) is 14.9 Å². The van der Waals surface area contributed by atoms with E-state index in [2.05, 4.69) is 21.4 Å². The van der Waals surface area contributed by atoms with Crippen molar-refractivity contribution in [2.24, 2.45) is 5.92 Å². The van der Waals surface area contributed by atoms with Crippen LogP contribution in [0.2, 0.25) is 0 Å². The molecule has 3 aromatic rings. The van der Waals surface area contributed by atoms with Gasteiger partial charge < -0.3 is 24.4 Å². The van der Waals surface area contributed by atoms with Crippen LogP contribution in [-0.2, 0) is 4.79 Å². The summed E-state index contributed by atoms with van der Waals surface area (Å²) in [5.41, 5.74) is 1.75. The number of anilines is 1. The fraction of sp³-hybridized carbons (Fsp3) is 0.296. The number of hydrogen-bond donors (Lipinski definition) is 1. The van der Waals surface area contributed by atoms with Crippen molar-refractivity contribution in [1.29, 1.82) is 5.26 Å². The third-order valence-electron chi connectivity index (χ3n) is 5.95. The molecular weight excluding hydrogens is 474 g/mol. The van der Waals surface area contributed by atoms with Crippen molar-refractivity contribution in [1.82, 2.24) is 14.9 Å². The van der Waals surface area contributed by atoms with Crippen molar-refractivity contribution in [2.45, 2.75) is 33.3 Å². The van der Waals surface area contributed by atoms with Gasteiger partial charge in [0, 0.05) is 25.6 Å². The minimum Gasteiger partial charge on any atom is -0.462 e. The molecule has 2 amide bonds. The van der Waals surface area contributed by atoms with Gasteiger partial charge in [-0.3, -0.25) is 9.59 Å². The van der Waals surface area contributed by atoms with Crippen molar-refractivity contribution >= 4 is 17.5 Å². The van der Waals surface area contributed by atoms with Gasteiger partial charge in [-0.25, -0.2) is 0 Å². The van der Waals surface area contributed by atoms with Gasteiger partial charge in [-0.1, -0.05) is 26.0 Å². The molecule has 2 unspecified atom stereocenters. The molecule has 1 N–H and O–H groups in total. The molecular formula is C27H27N5O5. The first-order valence-electron chi connectivity index (χ1n) is 11.8. The number of carbonyl (C=O) groups excluding carboxylic acids is 2. The van der Waals surface area contributed by atoms with Gasteiger partial charge in [0.2, 0.25) is 5.88 Å². The number of nitrogens with zero attached hydrogens (tertiary/aromatic N) is 4. The lowest BCUT2D eigenvalue weighted by molar-refractivity contribution is -0.125. The Morgan fingerprint density at radius 3 is 2.70 bits per heavy atom. The predicted molar refractivity (Wildman–Crippen MR) is 135 cm³/mol. The molecule has 10 heteroatoms. The molecule has 0 saturated heterocycles. The van der Waals surface area contributed by atoms with Gasteiger partial charge in [0.25, 0.3) is 17.7 Å². The van der Waals surface area contributed by atoms with Crippen LogP contribution in [0.15, 0.2) is 42.5 Å². The highest BCUT2D eigenvalue weighted by molar-refractivity contribution is 5.98. The molecule has 1 aliphatic rings. The number of rotatable bonds is 7. The minimum atomic E-state index is -0.752. The number of fused-ring (bicyclic) bond motifs is 1. The Bertz CT molecular complexity index is 1400. The van der Waals surface area contributed by atoms with Crippen LogP contribution >= 0.6 is 0 Å². The van der Waals surface area contributed by atoms with E-state index in [1.807, 2.05) is 20.8 Å². The number of nitrogens with one attached hydrogen (secondary N) is 1. The number of benzene rings is 2. The number of hydrogen-bond acceptors (Lipinski definition) is 8. The van der Waals surface area contributed by atoms with E-state index >= 15 is 0 Å². The van der Waals surface area contributed by atoms with Crippen molar-refractivity contribution in [3.05, 3.63) is 59.2 Å². The lowest BCUT2D eigenvalue weighted by Gasteiger charge is -2.29. The van der Waals surface area contributed by atoms with Crippen LogP contribution in [0.4, 0.5) is 5.69 Å². The summed E-state index contributed by atoms with van der Waals surface area (Å²) in [6.07, 6.45) is -0.0317. The molecule has 1 aromatic heterocycles. The summed E-state index contributed by atoms with van der Waals surface area (Å²) < 4.78 is 17.9. The molecule has 10 nitrogen and oxygen atoms in total. The SMILES string of the molecule is CCC(C)C1Oc2nc(Oc3cccc(C(=O)N(C)C)c3)nc(Oc3cc(C#N)ccc3C)c2NC1=O. The van der Waals surface area contributed by atoms with Crippen molar-refractivity contribution in [2.75, 3.05) is 19.4 Å². The minimum absolute atomic E-state index is 0.00494. The number of aryl methyl sites for hydroxylation is 1. The summed E-state index contributed by atoms with van der Waals surface area (Å²) in [6.45, 7) is 5.70. The molecule has 0 bridgehead atoms. The zero-order valence-corrected chi connectivity index (χ0v) is 21.2. The summed E-state index contributed by atoms with van der Waals surface area (Å²) >= 11 is 0. The van der Waals surface area contributed by atoms with Gasteiger partial charge in [0.1, 0.15) is 11.5 Å². The second-order valence-corrected chi connectivity index (χ2v) is 8.93. The van der Waals surface area contributed by atoms with E-state index in [1.165, 1.54) is 4.90 Å². The average Bonchev–Trinajstić information content (AvgIpc) is 2.89. The zero-order valence-electron chi connectivity index (χ0n) is 21.2. The Morgan fingerprint density at radius 2 is 2.00 bits per heavy atom. The molecule has 190 valence electrons. The fourth-order valence-corrected chi connectivity index (χ4v) is 3.61. The highest BCUT2D eigenvalue weighted by Gasteiger charge is 2.36. The van der Waals surface area contributed by atoms with Crippen molar-refractivity contribution in [3.63, 3.8) is 0 Å². The number of amides is 2. The molecule has 0 spiro atoms. The number of nitriles is 1. The summed E-state index contributed by atoms with van der Waals surface area (Å²) in [5.74, 6) is 0.217.